The van der Waals surface area contributed by atoms with Crippen LogP contribution >= 0.6 is 0 Å². The Bertz CT molecular complexity index is 1190. The fraction of sp³-hybridized carbons (Fsp3) is 0.364. The number of pyridine rings is 1. The minimum atomic E-state index is -0.456. The molecule has 9 nitrogen and oxygen atoms in total. The molecule has 3 heterocycles. The van der Waals surface area contributed by atoms with Crippen LogP contribution in [0.3, 0.4) is 0 Å². The Labute approximate surface area is 180 Å². The number of hydrogen-bond acceptors (Lipinski definition) is 6. The number of carbonyl (C=O) groups excluding carboxylic acids is 1. The summed E-state index contributed by atoms with van der Waals surface area (Å²) in [6.45, 7) is 9.43. The topological polar surface area (TPSA) is 118 Å². The number of carbonyl (C=O) groups is 1. The predicted molar refractivity (Wildman–Crippen MR) is 123 cm³/mol. The van der Waals surface area contributed by atoms with Crippen molar-refractivity contribution in [3.8, 4) is 11.3 Å². The third kappa shape index (κ3) is 4.09. The van der Waals surface area contributed by atoms with Crippen LogP contribution in [0.4, 0.5) is 5.82 Å². The second kappa shape index (κ2) is 8.73. The van der Waals surface area contributed by atoms with Crippen LogP contribution < -0.4 is 11.1 Å². The van der Waals surface area contributed by atoms with E-state index in [0.29, 0.717) is 12.4 Å². The molecule has 31 heavy (non-hydrogen) atoms. The van der Waals surface area contributed by atoms with Gasteiger partial charge in [-0.15, -0.1) is 0 Å². The first kappa shape index (κ1) is 20.8. The molecule has 0 saturated heterocycles. The molecule has 0 saturated carbocycles. The van der Waals surface area contributed by atoms with Crippen molar-refractivity contribution in [1.82, 2.24) is 35.2 Å². The van der Waals surface area contributed by atoms with Crippen LogP contribution in [0, 0.1) is 0 Å². The minimum absolute atomic E-state index is 0.0719. The molecule has 0 aliphatic heterocycles. The number of hydrogen-bond donors (Lipinski definition) is 3. The van der Waals surface area contributed by atoms with Gasteiger partial charge in [0.15, 0.2) is 0 Å². The lowest BCUT2D eigenvalue weighted by Gasteiger charge is -2.19. The van der Waals surface area contributed by atoms with E-state index in [1.807, 2.05) is 31.2 Å². The van der Waals surface area contributed by atoms with E-state index in [9.17, 15) is 4.79 Å². The fourth-order valence-electron chi connectivity index (χ4n) is 3.72. The summed E-state index contributed by atoms with van der Waals surface area (Å²) in [5, 5.41) is 16.3. The third-order valence-corrected chi connectivity index (χ3v) is 5.71. The molecule has 4 N–H and O–H groups in total. The van der Waals surface area contributed by atoms with Crippen LogP contribution in [0.1, 0.15) is 26.8 Å². The number of amides is 1. The number of nitrogens with zero attached hydrogens (tertiary/aromatic N) is 5. The summed E-state index contributed by atoms with van der Waals surface area (Å²) in [4.78, 5) is 19.5. The van der Waals surface area contributed by atoms with Gasteiger partial charge in [0.2, 0.25) is 5.91 Å². The molecule has 0 spiro atoms. The second-order valence-corrected chi connectivity index (χ2v) is 7.56. The van der Waals surface area contributed by atoms with E-state index in [4.69, 9.17) is 10.8 Å². The maximum atomic E-state index is 12.7. The molecular weight excluding hydrogens is 392 g/mol. The standard InChI is InChI=1S/C22H28N8O/c1-4-29(5-2)11-10-24-22(31)14(3)30-13-17-20(28-30)16-7-6-15(18-8-9-25-27-18)12-19(16)26-21(17)23/h6-9,12-14H,4-5,10-11H2,1-3H3,(H2,23,26)(H,24,31)(H,25,27). The SMILES string of the molecule is CCN(CC)CCNC(=O)C(C)n1cc2c(N)nc3cc(-c4ccn[nH]4)ccc3c2n1. The first-order valence-corrected chi connectivity index (χ1v) is 10.6. The Morgan fingerprint density at radius 1 is 1.26 bits per heavy atom. The summed E-state index contributed by atoms with van der Waals surface area (Å²) in [5.41, 5.74) is 9.59. The van der Waals surface area contributed by atoms with E-state index in [1.165, 1.54) is 0 Å². The zero-order valence-corrected chi connectivity index (χ0v) is 18.1. The summed E-state index contributed by atoms with van der Waals surface area (Å²) < 4.78 is 1.66. The average Bonchev–Trinajstić information content (AvgIpc) is 3.46. The van der Waals surface area contributed by atoms with Gasteiger partial charge in [0.25, 0.3) is 0 Å². The summed E-state index contributed by atoms with van der Waals surface area (Å²) >= 11 is 0. The number of anilines is 1. The van der Waals surface area contributed by atoms with Gasteiger partial charge in [0.1, 0.15) is 17.4 Å². The first-order chi connectivity index (χ1) is 15.0. The molecule has 4 aromatic rings. The first-order valence-electron chi connectivity index (χ1n) is 10.6. The second-order valence-electron chi connectivity index (χ2n) is 7.56. The normalized spacial score (nSPS) is 12.6. The van der Waals surface area contributed by atoms with E-state index < -0.39 is 6.04 Å². The number of nitrogen functional groups attached to an aromatic ring is 1. The van der Waals surface area contributed by atoms with Crippen molar-refractivity contribution in [2.75, 3.05) is 31.9 Å². The van der Waals surface area contributed by atoms with Gasteiger partial charge in [0, 0.05) is 36.4 Å². The number of aromatic amines is 1. The highest BCUT2D eigenvalue weighted by atomic mass is 16.2. The van der Waals surface area contributed by atoms with Crippen LogP contribution in [0.5, 0.6) is 0 Å². The molecule has 0 fully saturated rings. The van der Waals surface area contributed by atoms with Crippen LogP contribution in [-0.2, 0) is 4.79 Å². The molecule has 4 rings (SSSR count). The number of fused-ring (bicyclic) bond motifs is 3. The molecule has 0 aliphatic rings. The van der Waals surface area contributed by atoms with Crippen molar-refractivity contribution in [3.05, 3.63) is 36.7 Å². The maximum absolute atomic E-state index is 12.7. The van der Waals surface area contributed by atoms with Gasteiger partial charge in [-0.1, -0.05) is 19.9 Å². The lowest BCUT2D eigenvalue weighted by molar-refractivity contribution is -0.124. The van der Waals surface area contributed by atoms with Crippen LogP contribution in [0.25, 0.3) is 33.1 Å². The van der Waals surface area contributed by atoms with E-state index in [2.05, 4.69) is 39.2 Å². The Morgan fingerprint density at radius 3 is 2.77 bits per heavy atom. The van der Waals surface area contributed by atoms with Crippen molar-refractivity contribution in [1.29, 1.82) is 0 Å². The molecule has 1 atom stereocenters. The molecule has 1 unspecified atom stereocenters. The Morgan fingerprint density at radius 2 is 2.06 bits per heavy atom. The van der Waals surface area contributed by atoms with Crippen molar-refractivity contribution >= 4 is 33.5 Å². The fourth-order valence-corrected chi connectivity index (χ4v) is 3.72. The van der Waals surface area contributed by atoms with E-state index >= 15 is 0 Å². The van der Waals surface area contributed by atoms with Crippen molar-refractivity contribution in [2.24, 2.45) is 0 Å². The number of nitrogens with two attached hydrogens (primary N) is 1. The molecule has 162 valence electrons. The zero-order chi connectivity index (χ0) is 22.0. The number of aromatic nitrogens is 5. The van der Waals surface area contributed by atoms with Crippen molar-refractivity contribution < 1.29 is 4.79 Å². The Hall–Kier alpha value is -3.46. The number of rotatable bonds is 8. The molecule has 1 aromatic carbocycles. The third-order valence-electron chi connectivity index (χ3n) is 5.71. The van der Waals surface area contributed by atoms with Gasteiger partial charge in [-0.2, -0.15) is 10.2 Å². The van der Waals surface area contributed by atoms with E-state index in [0.717, 1.165) is 52.7 Å². The number of likely N-dealkylation sites (N-methyl/N-ethyl adjacent to an activating group) is 1. The zero-order valence-electron chi connectivity index (χ0n) is 18.1. The Kier molecular flexibility index (Phi) is 5.85. The van der Waals surface area contributed by atoms with E-state index in [-0.39, 0.29) is 5.91 Å². The maximum Gasteiger partial charge on any atom is 0.244 e. The summed E-state index contributed by atoms with van der Waals surface area (Å²) in [6.07, 6.45) is 3.51. The monoisotopic (exact) mass is 420 g/mol. The van der Waals surface area contributed by atoms with Gasteiger partial charge >= 0.3 is 0 Å². The van der Waals surface area contributed by atoms with Gasteiger partial charge in [-0.05, 0) is 38.2 Å². The number of H-pyrrole nitrogens is 1. The van der Waals surface area contributed by atoms with Gasteiger partial charge < -0.3 is 16.0 Å². The number of benzene rings is 1. The quantitative estimate of drug-likeness (QED) is 0.403. The van der Waals surface area contributed by atoms with Gasteiger partial charge in [0.05, 0.1) is 16.6 Å². The average molecular weight is 421 g/mol. The lowest BCUT2D eigenvalue weighted by atomic mass is 10.1. The molecule has 3 aromatic heterocycles. The van der Waals surface area contributed by atoms with Crippen LogP contribution in [0.15, 0.2) is 36.7 Å². The van der Waals surface area contributed by atoms with Gasteiger partial charge in [-0.25, -0.2) is 4.98 Å². The Balaban J connectivity index is 1.60. The van der Waals surface area contributed by atoms with Crippen LogP contribution in [0.2, 0.25) is 0 Å². The molecule has 0 aliphatic carbocycles. The largest absolute Gasteiger partial charge is 0.383 e. The smallest absolute Gasteiger partial charge is 0.244 e. The van der Waals surface area contributed by atoms with Gasteiger partial charge in [-0.3, -0.25) is 14.6 Å². The highest BCUT2D eigenvalue weighted by molar-refractivity contribution is 6.08. The highest BCUT2D eigenvalue weighted by Gasteiger charge is 2.19. The molecule has 0 bridgehead atoms. The van der Waals surface area contributed by atoms with Crippen LogP contribution in [-0.4, -0.2) is 61.9 Å². The highest BCUT2D eigenvalue weighted by Crippen LogP contribution is 2.30. The summed E-state index contributed by atoms with van der Waals surface area (Å²) in [6, 6.07) is 7.38. The van der Waals surface area contributed by atoms with Crippen molar-refractivity contribution in [3.63, 3.8) is 0 Å². The molecule has 0 radical (unpaired) electrons. The van der Waals surface area contributed by atoms with Crippen molar-refractivity contribution in [2.45, 2.75) is 26.8 Å². The van der Waals surface area contributed by atoms with E-state index in [1.54, 1.807) is 17.1 Å². The lowest BCUT2D eigenvalue weighted by Crippen LogP contribution is -2.37. The summed E-state index contributed by atoms with van der Waals surface area (Å²) in [5.74, 6) is 0.321. The molecule has 1 amide bonds. The minimum Gasteiger partial charge on any atom is -0.383 e. The molecular formula is C22H28N8O. The summed E-state index contributed by atoms with van der Waals surface area (Å²) in [7, 11) is 0. The predicted octanol–water partition coefficient (Wildman–Crippen LogP) is 2.58. The molecule has 9 heteroatoms. The number of nitrogens with one attached hydrogen (secondary N) is 2.